The topological polar surface area (TPSA) is 74.8 Å². The van der Waals surface area contributed by atoms with Crippen LogP contribution in [0.4, 0.5) is 10.1 Å². The molecule has 0 unspecified atom stereocenters. The fraction of sp³-hybridized carbons (Fsp3) is 0. The third-order valence-corrected chi connectivity index (χ3v) is 3.26. The number of carbonyl (C=O) groups is 1. The largest absolute Gasteiger partial charge is 0.320 e. The van der Waals surface area contributed by atoms with Gasteiger partial charge in [0.25, 0.3) is 5.91 Å². The third kappa shape index (κ3) is 2.68. The molecule has 0 saturated heterocycles. The summed E-state index contributed by atoms with van der Waals surface area (Å²) < 4.78 is 13.3. The molecule has 1 heterocycles. The molecule has 0 aliphatic carbocycles. The monoisotopic (exact) mass is 317 g/mol. The molecule has 2 aromatic carbocycles. The van der Waals surface area contributed by atoms with Crippen LogP contribution in [0.1, 0.15) is 10.5 Å². The number of aromatic amines is 1. The van der Waals surface area contributed by atoms with Crippen molar-refractivity contribution < 1.29 is 9.18 Å². The van der Waals surface area contributed by atoms with Crippen LogP contribution < -0.4 is 10.7 Å². The smallest absolute Gasteiger partial charge is 0.280 e. The summed E-state index contributed by atoms with van der Waals surface area (Å²) in [5.41, 5.74) is -0.213. The molecule has 0 aliphatic rings. The van der Waals surface area contributed by atoms with E-state index in [2.05, 4.69) is 15.5 Å². The van der Waals surface area contributed by atoms with Crippen LogP contribution in [-0.2, 0) is 0 Å². The molecule has 1 amide bonds. The minimum Gasteiger partial charge on any atom is -0.320 e. The summed E-state index contributed by atoms with van der Waals surface area (Å²) in [6.07, 6.45) is 0. The molecule has 0 radical (unpaired) electrons. The lowest BCUT2D eigenvalue weighted by Crippen LogP contribution is -2.24. The Bertz CT molecular complexity index is 939. The van der Waals surface area contributed by atoms with Crippen molar-refractivity contribution >= 4 is 34.1 Å². The highest BCUT2D eigenvalue weighted by atomic mass is 35.5. The second-order valence-corrected chi connectivity index (χ2v) is 4.99. The van der Waals surface area contributed by atoms with E-state index < -0.39 is 17.2 Å². The van der Waals surface area contributed by atoms with E-state index in [0.717, 1.165) is 6.07 Å². The van der Waals surface area contributed by atoms with Gasteiger partial charge in [0.15, 0.2) is 5.69 Å². The number of carbonyl (C=O) groups excluding carboxylic acids is 1. The Morgan fingerprint density at radius 2 is 2.05 bits per heavy atom. The van der Waals surface area contributed by atoms with E-state index in [-0.39, 0.29) is 11.1 Å². The van der Waals surface area contributed by atoms with E-state index in [1.165, 1.54) is 18.2 Å². The molecule has 22 heavy (non-hydrogen) atoms. The standard InChI is InChI=1S/C15H9ClFN3O2/c16-8-2-1-3-10(6-8)18-15(22)13-14(21)11-7-9(17)4-5-12(11)19-20-13/h1-7H,(H,18,22)(H,19,21). The van der Waals surface area contributed by atoms with Crippen molar-refractivity contribution in [3.63, 3.8) is 0 Å². The molecule has 3 aromatic rings. The molecule has 2 N–H and O–H groups in total. The van der Waals surface area contributed by atoms with Crippen LogP contribution in [-0.4, -0.2) is 16.1 Å². The molecule has 5 nitrogen and oxygen atoms in total. The molecule has 1 aromatic heterocycles. The Morgan fingerprint density at radius 3 is 2.82 bits per heavy atom. The molecule has 0 bridgehead atoms. The van der Waals surface area contributed by atoms with Gasteiger partial charge in [-0.2, -0.15) is 5.10 Å². The van der Waals surface area contributed by atoms with Crippen molar-refractivity contribution in [1.82, 2.24) is 10.2 Å². The van der Waals surface area contributed by atoms with Crippen LogP contribution in [0.25, 0.3) is 10.9 Å². The van der Waals surface area contributed by atoms with Gasteiger partial charge >= 0.3 is 0 Å². The van der Waals surface area contributed by atoms with Crippen LogP contribution in [0.15, 0.2) is 47.3 Å². The highest BCUT2D eigenvalue weighted by Gasteiger charge is 2.15. The van der Waals surface area contributed by atoms with E-state index in [9.17, 15) is 14.0 Å². The van der Waals surface area contributed by atoms with E-state index in [1.54, 1.807) is 18.2 Å². The molecule has 0 spiro atoms. The Morgan fingerprint density at radius 1 is 1.23 bits per heavy atom. The van der Waals surface area contributed by atoms with E-state index in [0.29, 0.717) is 16.2 Å². The maximum absolute atomic E-state index is 13.3. The number of hydrogen-bond donors (Lipinski definition) is 2. The minimum absolute atomic E-state index is 0.0613. The fourth-order valence-electron chi connectivity index (χ4n) is 2.01. The Balaban J connectivity index is 2.01. The third-order valence-electron chi connectivity index (χ3n) is 3.03. The van der Waals surface area contributed by atoms with Gasteiger partial charge in [-0.1, -0.05) is 17.7 Å². The normalized spacial score (nSPS) is 10.6. The Kier molecular flexibility index (Phi) is 3.60. The van der Waals surface area contributed by atoms with Crippen LogP contribution in [0.3, 0.4) is 0 Å². The van der Waals surface area contributed by atoms with Crippen LogP contribution in [0.2, 0.25) is 5.02 Å². The lowest BCUT2D eigenvalue weighted by molar-refractivity contribution is 0.102. The van der Waals surface area contributed by atoms with Gasteiger partial charge in [-0.3, -0.25) is 14.7 Å². The second-order valence-electron chi connectivity index (χ2n) is 4.56. The van der Waals surface area contributed by atoms with Gasteiger partial charge in [-0.05, 0) is 36.4 Å². The predicted octanol–water partition coefficient (Wildman–Crippen LogP) is 2.97. The highest BCUT2D eigenvalue weighted by molar-refractivity contribution is 6.30. The number of benzene rings is 2. The highest BCUT2D eigenvalue weighted by Crippen LogP contribution is 2.15. The first-order valence-electron chi connectivity index (χ1n) is 6.29. The molecular formula is C15H9ClFN3O2. The number of fused-ring (bicyclic) bond motifs is 1. The number of halogens is 2. The molecule has 7 heteroatoms. The number of amides is 1. The first kappa shape index (κ1) is 14.2. The molecule has 0 aliphatic heterocycles. The minimum atomic E-state index is -0.699. The van der Waals surface area contributed by atoms with Crippen molar-refractivity contribution in [3.8, 4) is 0 Å². The average Bonchev–Trinajstić information content (AvgIpc) is 2.48. The van der Waals surface area contributed by atoms with Gasteiger partial charge in [0.05, 0.1) is 10.9 Å². The summed E-state index contributed by atoms with van der Waals surface area (Å²) in [6, 6.07) is 10.1. The maximum Gasteiger partial charge on any atom is 0.280 e. The number of nitrogens with one attached hydrogen (secondary N) is 2. The Hall–Kier alpha value is -2.73. The number of nitrogens with zero attached hydrogens (tertiary/aromatic N) is 1. The Labute approximate surface area is 128 Å². The molecule has 0 atom stereocenters. The zero-order chi connectivity index (χ0) is 15.7. The summed E-state index contributed by atoms with van der Waals surface area (Å²) in [7, 11) is 0. The van der Waals surface area contributed by atoms with Gasteiger partial charge in [0.2, 0.25) is 5.43 Å². The molecule has 0 fully saturated rings. The molecule has 3 rings (SSSR count). The summed E-state index contributed by atoms with van der Waals surface area (Å²) >= 11 is 5.82. The van der Waals surface area contributed by atoms with Crippen molar-refractivity contribution in [2.75, 3.05) is 5.32 Å². The van der Waals surface area contributed by atoms with E-state index in [1.807, 2.05) is 0 Å². The summed E-state index contributed by atoms with van der Waals surface area (Å²) in [6.45, 7) is 0. The zero-order valence-electron chi connectivity index (χ0n) is 11.1. The van der Waals surface area contributed by atoms with Crippen LogP contribution >= 0.6 is 11.6 Å². The van der Waals surface area contributed by atoms with Crippen LogP contribution in [0, 0.1) is 5.82 Å². The van der Waals surface area contributed by atoms with E-state index in [4.69, 9.17) is 11.6 Å². The number of anilines is 1. The van der Waals surface area contributed by atoms with Gasteiger partial charge in [-0.15, -0.1) is 0 Å². The van der Waals surface area contributed by atoms with E-state index >= 15 is 0 Å². The SMILES string of the molecule is O=C(Nc1cccc(Cl)c1)c1n[nH]c2ccc(F)cc2c1=O. The van der Waals surface area contributed by atoms with Gasteiger partial charge < -0.3 is 5.32 Å². The average molecular weight is 318 g/mol. The molecule has 0 saturated carbocycles. The number of aromatic nitrogens is 2. The summed E-state index contributed by atoms with van der Waals surface area (Å²) in [5.74, 6) is -1.26. The lowest BCUT2D eigenvalue weighted by Gasteiger charge is -2.05. The number of hydrogen-bond acceptors (Lipinski definition) is 3. The number of rotatable bonds is 2. The second kappa shape index (κ2) is 5.57. The predicted molar refractivity (Wildman–Crippen MR) is 81.7 cm³/mol. The fourth-order valence-corrected chi connectivity index (χ4v) is 2.20. The first-order valence-corrected chi connectivity index (χ1v) is 6.67. The maximum atomic E-state index is 13.3. The zero-order valence-corrected chi connectivity index (χ0v) is 11.8. The summed E-state index contributed by atoms with van der Waals surface area (Å²) in [4.78, 5) is 24.4. The van der Waals surface area contributed by atoms with Crippen molar-refractivity contribution in [3.05, 3.63) is 69.2 Å². The van der Waals surface area contributed by atoms with Gasteiger partial charge in [0.1, 0.15) is 5.82 Å². The van der Waals surface area contributed by atoms with Gasteiger partial charge in [-0.25, -0.2) is 4.39 Å². The molecule has 110 valence electrons. The lowest BCUT2D eigenvalue weighted by atomic mass is 10.2. The molecular weight excluding hydrogens is 309 g/mol. The first-order chi connectivity index (χ1) is 10.5. The van der Waals surface area contributed by atoms with Crippen molar-refractivity contribution in [1.29, 1.82) is 0 Å². The van der Waals surface area contributed by atoms with Gasteiger partial charge in [0, 0.05) is 10.7 Å². The van der Waals surface area contributed by atoms with Crippen molar-refractivity contribution in [2.24, 2.45) is 0 Å². The quantitative estimate of drug-likeness (QED) is 0.763. The van der Waals surface area contributed by atoms with Crippen LogP contribution in [0.5, 0.6) is 0 Å². The summed E-state index contributed by atoms with van der Waals surface area (Å²) in [5, 5.41) is 9.34. The van der Waals surface area contributed by atoms with Crippen molar-refractivity contribution in [2.45, 2.75) is 0 Å². The number of H-pyrrole nitrogens is 1.